The fourth-order valence-electron chi connectivity index (χ4n) is 1.74. The second-order valence-corrected chi connectivity index (χ2v) is 6.13. The summed E-state index contributed by atoms with van der Waals surface area (Å²) in [6.07, 6.45) is -1.22. The molecule has 0 aromatic heterocycles. The zero-order chi connectivity index (χ0) is 22.2. The fraction of sp³-hybridized carbons (Fsp3) is 0.950. The van der Waals surface area contributed by atoms with E-state index in [0.717, 1.165) is 6.54 Å². The summed E-state index contributed by atoms with van der Waals surface area (Å²) in [7, 11) is 1.88. The number of carbonyl (C=O) groups is 1. The molecular formula is C20H43FN2O6. The molecule has 0 aromatic carbocycles. The lowest BCUT2D eigenvalue weighted by atomic mass is 10.2. The number of likely N-dealkylation sites (N-methyl/N-ethyl adjacent to an activating group) is 1. The predicted octanol–water partition coefficient (Wildman–Crippen LogP) is 1.43. The van der Waals surface area contributed by atoms with Gasteiger partial charge in [0.15, 0.2) is 0 Å². The minimum atomic E-state index is -1.22. The molecule has 8 nitrogen and oxygen atoms in total. The highest BCUT2D eigenvalue weighted by Gasteiger charge is 2.11. The SMILES string of the molecule is CC.CNCCOCCOCCOCCOCCOCC(F)CNC(=O)C(C)C. The van der Waals surface area contributed by atoms with Gasteiger partial charge in [-0.2, -0.15) is 0 Å². The Morgan fingerprint density at radius 1 is 0.793 bits per heavy atom. The van der Waals surface area contributed by atoms with E-state index in [1.165, 1.54) is 0 Å². The van der Waals surface area contributed by atoms with E-state index < -0.39 is 6.17 Å². The number of halogens is 1. The van der Waals surface area contributed by atoms with Gasteiger partial charge in [-0.3, -0.25) is 4.79 Å². The van der Waals surface area contributed by atoms with E-state index in [4.69, 9.17) is 23.7 Å². The highest BCUT2D eigenvalue weighted by Crippen LogP contribution is 1.94. The molecule has 0 saturated carbocycles. The molecule has 0 aromatic rings. The highest BCUT2D eigenvalue weighted by molar-refractivity contribution is 5.77. The van der Waals surface area contributed by atoms with Crippen LogP contribution < -0.4 is 10.6 Å². The van der Waals surface area contributed by atoms with Crippen molar-refractivity contribution in [2.24, 2.45) is 5.92 Å². The van der Waals surface area contributed by atoms with Crippen LogP contribution in [-0.4, -0.2) is 98.3 Å². The molecule has 0 aliphatic rings. The van der Waals surface area contributed by atoms with Gasteiger partial charge < -0.3 is 34.3 Å². The summed E-state index contributed by atoms with van der Waals surface area (Å²) in [5.41, 5.74) is 0. The standard InChI is InChI=1S/C18H37FN2O6.C2H6/c1-16(2)18(22)21-14-17(19)15-27-13-12-26-11-10-25-9-8-24-7-6-23-5-4-20-3;1-2/h16-17,20H,4-15H2,1-3H3,(H,21,22);1-2H3. The second-order valence-electron chi connectivity index (χ2n) is 6.13. The molecule has 1 unspecified atom stereocenters. The van der Waals surface area contributed by atoms with E-state index in [2.05, 4.69) is 10.6 Å². The van der Waals surface area contributed by atoms with Gasteiger partial charge in [0.1, 0.15) is 6.17 Å². The van der Waals surface area contributed by atoms with Crippen LogP contribution in [0.3, 0.4) is 0 Å². The Balaban J connectivity index is 0. The number of amides is 1. The van der Waals surface area contributed by atoms with Crippen LogP contribution in [0.5, 0.6) is 0 Å². The number of ether oxygens (including phenoxy) is 5. The average Bonchev–Trinajstić information content (AvgIpc) is 2.73. The van der Waals surface area contributed by atoms with Crippen LogP contribution >= 0.6 is 0 Å². The van der Waals surface area contributed by atoms with Crippen LogP contribution in [0.4, 0.5) is 4.39 Å². The first kappa shape index (κ1) is 30.4. The summed E-state index contributed by atoms with van der Waals surface area (Å²) in [6.45, 7) is 12.7. The van der Waals surface area contributed by atoms with Gasteiger partial charge in [0.2, 0.25) is 5.91 Å². The van der Waals surface area contributed by atoms with Gasteiger partial charge in [-0.15, -0.1) is 0 Å². The van der Waals surface area contributed by atoms with Crippen LogP contribution in [0.25, 0.3) is 0 Å². The Morgan fingerprint density at radius 3 is 1.62 bits per heavy atom. The van der Waals surface area contributed by atoms with Crippen molar-refractivity contribution in [2.45, 2.75) is 33.9 Å². The maximum Gasteiger partial charge on any atom is 0.222 e. The van der Waals surface area contributed by atoms with Gasteiger partial charge in [-0.1, -0.05) is 27.7 Å². The molecule has 0 rings (SSSR count). The van der Waals surface area contributed by atoms with Crippen LogP contribution in [0, 0.1) is 5.92 Å². The van der Waals surface area contributed by atoms with Crippen molar-refractivity contribution in [2.75, 3.05) is 86.2 Å². The molecule has 2 N–H and O–H groups in total. The molecule has 1 atom stereocenters. The topological polar surface area (TPSA) is 87.3 Å². The first-order valence-corrected chi connectivity index (χ1v) is 10.5. The zero-order valence-electron chi connectivity index (χ0n) is 19.0. The van der Waals surface area contributed by atoms with E-state index >= 15 is 0 Å². The summed E-state index contributed by atoms with van der Waals surface area (Å²) in [6, 6.07) is 0. The molecule has 9 heteroatoms. The number of rotatable bonds is 20. The van der Waals surface area contributed by atoms with E-state index in [-0.39, 0.29) is 25.0 Å². The Kier molecular flexibility index (Phi) is 26.4. The van der Waals surface area contributed by atoms with Gasteiger partial charge in [-0.25, -0.2) is 4.39 Å². The van der Waals surface area contributed by atoms with Gasteiger partial charge in [0, 0.05) is 12.5 Å². The average molecular weight is 427 g/mol. The summed E-state index contributed by atoms with van der Waals surface area (Å²) < 4.78 is 40.0. The quantitative estimate of drug-likeness (QED) is 0.285. The number of hydrogen-bond acceptors (Lipinski definition) is 7. The summed E-state index contributed by atoms with van der Waals surface area (Å²) >= 11 is 0. The molecule has 0 saturated heterocycles. The summed E-state index contributed by atoms with van der Waals surface area (Å²) in [5.74, 6) is -0.313. The lowest BCUT2D eigenvalue weighted by Gasteiger charge is -2.12. The van der Waals surface area contributed by atoms with E-state index in [1.807, 2.05) is 20.9 Å². The van der Waals surface area contributed by atoms with Crippen molar-refractivity contribution >= 4 is 5.91 Å². The van der Waals surface area contributed by atoms with Crippen LogP contribution in [0.15, 0.2) is 0 Å². The minimum absolute atomic E-state index is 0.0319. The summed E-state index contributed by atoms with van der Waals surface area (Å²) in [5, 5.41) is 5.52. The Morgan fingerprint density at radius 2 is 1.21 bits per heavy atom. The summed E-state index contributed by atoms with van der Waals surface area (Å²) in [4.78, 5) is 11.3. The predicted molar refractivity (Wildman–Crippen MR) is 112 cm³/mol. The smallest absolute Gasteiger partial charge is 0.222 e. The van der Waals surface area contributed by atoms with Crippen molar-refractivity contribution in [1.29, 1.82) is 0 Å². The van der Waals surface area contributed by atoms with E-state index in [1.54, 1.807) is 13.8 Å². The largest absolute Gasteiger partial charge is 0.378 e. The lowest BCUT2D eigenvalue weighted by molar-refractivity contribution is -0.124. The molecule has 1 amide bonds. The Bertz CT molecular complexity index is 338. The van der Waals surface area contributed by atoms with Crippen molar-refractivity contribution in [3.63, 3.8) is 0 Å². The number of hydrogen-bond donors (Lipinski definition) is 2. The van der Waals surface area contributed by atoms with Crippen molar-refractivity contribution in [3.05, 3.63) is 0 Å². The van der Waals surface area contributed by atoms with Gasteiger partial charge in [0.05, 0.1) is 72.6 Å². The molecule has 176 valence electrons. The van der Waals surface area contributed by atoms with Crippen LogP contribution in [0.2, 0.25) is 0 Å². The fourth-order valence-corrected chi connectivity index (χ4v) is 1.74. The first-order chi connectivity index (χ1) is 14.1. The first-order valence-electron chi connectivity index (χ1n) is 10.5. The molecule has 29 heavy (non-hydrogen) atoms. The van der Waals surface area contributed by atoms with Crippen molar-refractivity contribution in [1.82, 2.24) is 10.6 Å². The Labute approximate surface area is 176 Å². The third-order valence-corrected chi connectivity index (χ3v) is 3.31. The van der Waals surface area contributed by atoms with Gasteiger partial charge in [-0.05, 0) is 7.05 Å². The monoisotopic (exact) mass is 426 g/mol. The molecule has 0 fully saturated rings. The van der Waals surface area contributed by atoms with E-state index in [0.29, 0.717) is 59.5 Å². The minimum Gasteiger partial charge on any atom is -0.378 e. The van der Waals surface area contributed by atoms with Gasteiger partial charge >= 0.3 is 0 Å². The van der Waals surface area contributed by atoms with Crippen LogP contribution in [-0.2, 0) is 28.5 Å². The van der Waals surface area contributed by atoms with Crippen molar-refractivity contribution < 1.29 is 32.9 Å². The number of nitrogens with one attached hydrogen (secondary N) is 2. The maximum atomic E-state index is 13.5. The third-order valence-electron chi connectivity index (χ3n) is 3.31. The number of alkyl halides is 1. The third kappa shape index (κ3) is 25.1. The number of carbonyl (C=O) groups excluding carboxylic acids is 1. The molecule has 0 bridgehead atoms. The van der Waals surface area contributed by atoms with Crippen molar-refractivity contribution in [3.8, 4) is 0 Å². The zero-order valence-corrected chi connectivity index (χ0v) is 19.0. The molecule has 0 spiro atoms. The van der Waals surface area contributed by atoms with Gasteiger partial charge in [0.25, 0.3) is 0 Å². The maximum absolute atomic E-state index is 13.5. The molecule has 0 radical (unpaired) electrons. The van der Waals surface area contributed by atoms with E-state index in [9.17, 15) is 9.18 Å². The Hall–Kier alpha value is -0.840. The normalized spacial score (nSPS) is 11.8. The lowest BCUT2D eigenvalue weighted by Crippen LogP contribution is -2.35. The molecule has 0 aliphatic carbocycles. The molecule has 0 aliphatic heterocycles. The molecule has 0 heterocycles. The highest BCUT2D eigenvalue weighted by atomic mass is 19.1. The van der Waals surface area contributed by atoms with Crippen LogP contribution in [0.1, 0.15) is 27.7 Å². The molecular weight excluding hydrogens is 383 g/mol. The second kappa shape index (κ2) is 25.2.